The van der Waals surface area contributed by atoms with Crippen LogP contribution in [0.1, 0.15) is 43.0 Å². The Morgan fingerprint density at radius 3 is 2.12 bits per heavy atom. The average molecular weight is 629 g/mol. The highest BCUT2D eigenvalue weighted by Crippen LogP contribution is 2.25. The largest absolute Gasteiger partial charge is 0.350 e. The Hall–Kier alpha value is -3.17. The number of benzene rings is 3. The van der Waals surface area contributed by atoms with Crippen LogP contribution in [0, 0.1) is 13.8 Å². The van der Waals surface area contributed by atoms with Gasteiger partial charge in [0.1, 0.15) is 12.6 Å². The summed E-state index contributed by atoms with van der Waals surface area (Å²) in [5.41, 5.74) is 3.22. The smallest absolute Gasteiger partial charge is 0.244 e. The molecule has 0 aromatic heterocycles. The number of aryl methyl sites for hydroxylation is 2. The summed E-state index contributed by atoms with van der Waals surface area (Å²) in [6.07, 6.45) is 1.36. The van der Waals surface area contributed by atoms with Crippen LogP contribution in [0.3, 0.4) is 0 Å². The summed E-state index contributed by atoms with van der Waals surface area (Å²) in [5.74, 6) is -0.779. The second kappa shape index (κ2) is 13.0. The minimum absolute atomic E-state index is 0.131. The first kappa shape index (κ1) is 31.4. The monoisotopic (exact) mass is 627 g/mol. The zero-order chi connectivity index (χ0) is 29.7. The second-order valence-corrected chi connectivity index (χ2v) is 14.0. The fourth-order valence-electron chi connectivity index (χ4n) is 4.38. The molecule has 0 spiro atoms. The fraction of sp³-hybridized carbons (Fsp3) is 0.355. The molecule has 40 heavy (non-hydrogen) atoms. The summed E-state index contributed by atoms with van der Waals surface area (Å²) in [6, 6.07) is 21.6. The van der Waals surface area contributed by atoms with E-state index in [-0.39, 0.29) is 18.9 Å². The average Bonchev–Trinajstić information content (AvgIpc) is 2.86. The molecular weight excluding hydrogens is 590 g/mol. The molecule has 0 fully saturated rings. The lowest BCUT2D eigenvalue weighted by Gasteiger charge is -2.35. The van der Waals surface area contributed by atoms with Gasteiger partial charge in [-0.3, -0.25) is 13.9 Å². The van der Waals surface area contributed by atoms with Crippen molar-refractivity contribution < 1.29 is 18.0 Å². The number of nitrogens with one attached hydrogen (secondary N) is 1. The summed E-state index contributed by atoms with van der Waals surface area (Å²) in [7, 11) is -3.82. The van der Waals surface area contributed by atoms with Crippen LogP contribution in [0.4, 0.5) is 5.69 Å². The van der Waals surface area contributed by atoms with E-state index in [4.69, 9.17) is 0 Å². The minimum atomic E-state index is -3.82. The van der Waals surface area contributed by atoms with E-state index in [9.17, 15) is 18.0 Å². The summed E-state index contributed by atoms with van der Waals surface area (Å²) in [4.78, 5) is 29.4. The third kappa shape index (κ3) is 8.93. The predicted molar refractivity (Wildman–Crippen MR) is 165 cm³/mol. The number of carbonyl (C=O) groups is 2. The van der Waals surface area contributed by atoms with Gasteiger partial charge in [-0.15, -0.1) is 0 Å². The summed E-state index contributed by atoms with van der Waals surface area (Å²) < 4.78 is 28.0. The molecule has 1 N–H and O–H groups in total. The topological polar surface area (TPSA) is 86.8 Å². The predicted octanol–water partition coefficient (Wildman–Crippen LogP) is 5.39. The highest BCUT2D eigenvalue weighted by Gasteiger charge is 2.34. The van der Waals surface area contributed by atoms with E-state index < -0.39 is 34.1 Å². The molecule has 3 aromatic rings. The van der Waals surface area contributed by atoms with Crippen molar-refractivity contribution in [1.82, 2.24) is 10.2 Å². The van der Waals surface area contributed by atoms with E-state index in [0.29, 0.717) is 5.69 Å². The van der Waals surface area contributed by atoms with Crippen molar-refractivity contribution in [3.8, 4) is 0 Å². The number of nitrogens with zero attached hydrogens (tertiary/aromatic N) is 2. The quantitative estimate of drug-likeness (QED) is 0.327. The number of rotatable bonds is 10. The van der Waals surface area contributed by atoms with Crippen LogP contribution < -0.4 is 9.62 Å². The number of halogens is 1. The van der Waals surface area contributed by atoms with Gasteiger partial charge >= 0.3 is 0 Å². The minimum Gasteiger partial charge on any atom is -0.350 e. The van der Waals surface area contributed by atoms with E-state index >= 15 is 0 Å². The van der Waals surface area contributed by atoms with E-state index in [1.54, 1.807) is 6.07 Å². The molecule has 0 aliphatic heterocycles. The van der Waals surface area contributed by atoms with E-state index in [1.165, 1.54) is 4.90 Å². The number of anilines is 1. The highest BCUT2D eigenvalue weighted by molar-refractivity contribution is 9.10. The van der Waals surface area contributed by atoms with Gasteiger partial charge in [0.25, 0.3) is 0 Å². The highest BCUT2D eigenvalue weighted by atomic mass is 79.9. The number of sulfonamides is 1. The number of hydrogen-bond donors (Lipinski definition) is 1. The lowest BCUT2D eigenvalue weighted by atomic mass is 10.0. The van der Waals surface area contributed by atoms with Gasteiger partial charge in [0, 0.05) is 23.0 Å². The molecule has 9 heteroatoms. The van der Waals surface area contributed by atoms with Crippen LogP contribution in [0.2, 0.25) is 0 Å². The second-order valence-electron chi connectivity index (χ2n) is 11.2. The molecule has 3 aromatic carbocycles. The van der Waals surface area contributed by atoms with Gasteiger partial charge in [0.05, 0.1) is 11.9 Å². The van der Waals surface area contributed by atoms with Crippen molar-refractivity contribution in [3.05, 3.63) is 99.5 Å². The number of hydrogen-bond acceptors (Lipinski definition) is 4. The normalized spacial score (nSPS) is 12.5. The standard InChI is InChI=1S/C31H38BrN3O4S/c1-22-12-13-23(2)27(18-22)35(40(6,38)39)21-29(36)34(20-25-14-16-26(32)17-15-25)28(30(37)33-31(3,4)5)19-24-10-8-7-9-11-24/h7-18,28H,19-21H2,1-6H3,(H,33,37)/t28-/m0/s1. The maximum absolute atomic E-state index is 14.2. The van der Waals surface area contributed by atoms with Crippen LogP contribution in [0.25, 0.3) is 0 Å². The van der Waals surface area contributed by atoms with E-state index in [0.717, 1.165) is 37.3 Å². The lowest BCUT2D eigenvalue weighted by Crippen LogP contribution is -2.56. The molecule has 0 radical (unpaired) electrons. The van der Waals surface area contributed by atoms with Gasteiger partial charge in [-0.2, -0.15) is 0 Å². The first-order chi connectivity index (χ1) is 18.6. The SMILES string of the molecule is Cc1ccc(C)c(N(CC(=O)N(Cc2ccc(Br)cc2)[C@@H](Cc2ccccc2)C(=O)NC(C)(C)C)S(C)(=O)=O)c1. The van der Waals surface area contributed by atoms with Crippen molar-refractivity contribution in [1.29, 1.82) is 0 Å². The third-order valence-electron chi connectivity index (χ3n) is 6.35. The summed E-state index contributed by atoms with van der Waals surface area (Å²) >= 11 is 3.45. The maximum Gasteiger partial charge on any atom is 0.244 e. The molecule has 0 saturated heterocycles. The number of amides is 2. The Bertz CT molecular complexity index is 1440. The fourth-order valence-corrected chi connectivity index (χ4v) is 5.54. The Balaban J connectivity index is 2.09. The lowest BCUT2D eigenvalue weighted by molar-refractivity contribution is -0.140. The first-order valence-corrected chi connectivity index (χ1v) is 15.7. The van der Waals surface area contributed by atoms with Gasteiger partial charge in [0.15, 0.2) is 0 Å². The zero-order valence-electron chi connectivity index (χ0n) is 23.9. The van der Waals surface area contributed by atoms with Crippen LogP contribution in [-0.4, -0.2) is 49.5 Å². The number of carbonyl (C=O) groups excluding carboxylic acids is 2. The van der Waals surface area contributed by atoms with Crippen molar-refractivity contribution in [2.75, 3.05) is 17.1 Å². The van der Waals surface area contributed by atoms with Crippen molar-refractivity contribution in [2.24, 2.45) is 0 Å². The Morgan fingerprint density at radius 1 is 0.925 bits per heavy atom. The molecule has 2 amide bonds. The van der Waals surface area contributed by atoms with Crippen molar-refractivity contribution in [3.63, 3.8) is 0 Å². The van der Waals surface area contributed by atoms with Gasteiger partial charge in [0.2, 0.25) is 21.8 Å². The Kier molecular flexibility index (Phi) is 10.2. The van der Waals surface area contributed by atoms with E-state index in [2.05, 4.69) is 21.2 Å². The molecule has 0 saturated carbocycles. The molecular formula is C31H38BrN3O4S. The van der Waals surface area contributed by atoms with Crippen molar-refractivity contribution >= 4 is 43.5 Å². The van der Waals surface area contributed by atoms with Crippen LogP contribution in [0.5, 0.6) is 0 Å². The van der Waals surface area contributed by atoms with Gasteiger partial charge in [-0.1, -0.05) is 70.5 Å². The Labute approximate surface area is 246 Å². The third-order valence-corrected chi connectivity index (χ3v) is 8.00. The molecule has 3 rings (SSSR count). The molecule has 7 nitrogen and oxygen atoms in total. The Morgan fingerprint density at radius 2 is 1.55 bits per heavy atom. The molecule has 214 valence electrons. The molecule has 1 atom stereocenters. The van der Waals surface area contributed by atoms with Crippen LogP contribution in [0.15, 0.2) is 77.3 Å². The summed E-state index contributed by atoms with van der Waals surface area (Å²) in [5, 5.41) is 3.03. The van der Waals surface area contributed by atoms with Crippen molar-refractivity contribution in [2.45, 2.75) is 59.2 Å². The maximum atomic E-state index is 14.2. The zero-order valence-corrected chi connectivity index (χ0v) is 26.3. The van der Waals surface area contributed by atoms with Gasteiger partial charge < -0.3 is 10.2 Å². The summed E-state index contributed by atoms with van der Waals surface area (Å²) in [6.45, 7) is 9.04. The molecule has 0 bridgehead atoms. The first-order valence-electron chi connectivity index (χ1n) is 13.1. The molecule has 0 heterocycles. The molecule has 0 unspecified atom stereocenters. The molecule has 0 aliphatic carbocycles. The van der Waals surface area contributed by atoms with Crippen LogP contribution >= 0.6 is 15.9 Å². The van der Waals surface area contributed by atoms with Crippen LogP contribution in [-0.2, 0) is 32.6 Å². The van der Waals surface area contributed by atoms with Gasteiger partial charge in [-0.25, -0.2) is 8.42 Å². The van der Waals surface area contributed by atoms with Gasteiger partial charge in [-0.05, 0) is 75.1 Å². The van der Waals surface area contributed by atoms with E-state index in [1.807, 2.05) is 101 Å². The molecule has 0 aliphatic rings.